The van der Waals surface area contributed by atoms with Gasteiger partial charge in [-0.25, -0.2) is 9.13 Å². The number of hydrogen-bond donors (Lipinski definition) is 3. The van der Waals surface area contributed by atoms with Crippen molar-refractivity contribution in [2.24, 2.45) is 23.7 Å². The van der Waals surface area contributed by atoms with E-state index in [9.17, 15) is 43.2 Å². The third-order valence-electron chi connectivity index (χ3n) is 16.2. The molecule has 0 spiro atoms. The van der Waals surface area contributed by atoms with Crippen LogP contribution in [-0.4, -0.2) is 96.7 Å². The summed E-state index contributed by atoms with van der Waals surface area (Å²) in [7, 11) is -9.90. The summed E-state index contributed by atoms with van der Waals surface area (Å²) in [5.74, 6) is 0.813. The van der Waals surface area contributed by atoms with Crippen LogP contribution in [0.1, 0.15) is 338 Å². The zero-order chi connectivity index (χ0) is 65.4. The number of carbonyl (C=O) groups is 4. The summed E-state index contributed by atoms with van der Waals surface area (Å²) < 4.78 is 68.2. The molecular formula is C69H134O17P2. The average Bonchev–Trinajstić information content (AvgIpc) is 3.64. The molecule has 0 radical (unpaired) electrons. The van der Waals surface area contributed by atoms with E-state index in [1.54, 1.807) is 0 Å². The number of esters is 4. The number of hydrogen-bond acceptors (Lipinski definition) is 15. The van der Waals surface area contributed by atoms with Gasteiger partial charge in [0.25, 0.3) is 0 Å². The van der Waals surface area contributed by atoms with Crippen LogP contribution in [0.15, 0.2) is 0 Å². The van der Waals surface area contributed by atoms with Crippen molar-refractivity contribution in [3.8, 4) is 0 Å². The van der Waals surface area contributed by atoms with Crippen LogP contribution >= 0.6 is 15.6 Å². The summed E-state index contributed by atoms with van der Waals surface area (Å²) in [4.78, 5) is 72.4. The number of aliphatic hydroxyl groups excluding tert-OH is 1. The maximum atomic E-state index is 13.0. The van der Waals surface area contributed by atoms with Gasteiger partial charge in [0.05, 0.1) is 26.4 Å². The van der Waals surface area contributed by atoms with E-state index in [4.69, 9.17) is 37.0 Å². The number of unbranched alkanes of at least 4 members (excludes halogenated alkanes) is 31. The first-order valence-corrected chi connectivity index (χ1v) is 38.7. The molecule has 0 aromatic carbocycles. The molecule has 0 saturated carbocycles. The molecule has 0 rings (SSSR count). The van der Waals surface area contributed by atoms with E-state index in [-0.39, 0.29) is 25.7 Å². The number of phosphoric acid groups is 2. The quantitative estimate of drug-likeness (QED) is 0.0222. The number of carbonyl (C=O) groups excluding carboxylic acids is 4. The Hall–Kier alpha value is -1.94. The highest BCUT2D eigenvalue weighted by Crippen LogP contribution is 2.45. The number of ether oxygens (including phenoxy) is 4. The Labute approximate surface area is 537 Å². The minimum absolute atomic E-state index is 0.103. The predicted octanol–water partition coefficient (Wildman–Crippen LogP) is 19.3. The first-order chi connectivity index (χ1) is 42.1. The molecule has 19 heteroatoms. The molecular weight excluding hydrogens is 1160 g/mol. The minimum atomic E-state index is -4.95. The molecule has 17 nitrogen and oxygen atoms in total. The van der Waals surface area contributed by atoms with Crippen LogP contribution in [0.25, 0.3) is 0 Å². The molecule has 0 aromatic rings. The van der Waals surface area contributed by atoms with Crippen molar-refractivity contribution in [3.05, 3.63) is 0 Å². The second-order valence-electron chi connectivity index (χ2n) is 26.6. The normalized spacial score (nSPS) is 14.6. The van der Waals surface area contributed by atoms with E-state index in [2.05, 4.69) is 55.4 Å². The maximum absolute atomic E-state index is 13.0. The zero-order valence-electron chi connectivity index (χ0n) is 57.3. The number of phosphoric ester groups is 2. The third-order valence-corrected chi connectivity index (χ3v) is 18.1. The smallest absolute Gasteiger partial charge is 0.462 e. The molecule has 0 bridgehead atoms. The molecule has 522 valence electrons. The molecule has 0 aliphatic heterocycles. The zero-order valence-corrected chi connectivity index (χ0v) is 59.1. The largest absolute Gasteiger partial charge is 0.472 e. The SMILES string of the molecule is CCC(C)CCCCCCCCCCCCCCCCC(=O)O[C@H](COC(=O)CCCCCCCCC(C)C)COP(=O)(O)OCC(O)COP(=O)(O)OC[C@@H](COC(=O)CCCCCCCCCC(C)C)OC(=O)CCCCCCCCCCC(C)C. The predicted molar refractivity (Wildman–Crippen MR) is 354 cm³/mol. The Bertz CT molecular complexity index is 1750. The van der Waals surface area contributed by atoms with E-state index in [1.807, 2.05) is 0 Å². The van der Waals surface area contributed by atoms with Gasteiger partial charge < -0.3 is 33.8 Å². The fourth-order valence-electron chi connectivity index (χ4n) is 10.3. The van der Waals surface area contributed by atoms with Crippen molar-refractivity contribution in [2.75, 3.05) is 39.6 Å². The molecule has 0 aliphatic rings. The van der Waals surface area contributed by atoms with Crippen LogP contribution in [0, 0.1) is 23.7 Å². The summed E-state index contributed by atoms with van der Waals surface area (Å²) in [6.07, 6.45) is 40.6. The molecule has 0 fully saturated rings. The second kappa shape index (κ2) is 58.8. The second-order valence-corrected chi connectivity index (χ2v) is 29.5. The lowest BCUT2D eigenvalue weighted by molar-refractivity contribution is -0.161. The summed E-state index contributed by atoms with van der Waals surface area (Å²) in [6.45, 7) is 14.0. The molecule has 0 saturated heterocycles. The van der Waals surface area contributed by atoms with Crippen LogP contribution in [0.2, 0.25) is 0 Å². The Morgan fingerprint density at radius 1 is 0.318 bits per heavy atom. The average molecular weight is 1300 g/mol. The molecule has 0 aromatic heterocycles. The Morgan fingerprint density at radius 2 is 0.545 bits per heavy atom. The van der Waals surface area contributed by atoms with Gasteiger partial charge in [0.2, 0.25) is 0 Å². The van der Waals surface area contributed by atoms with Crippen molar-refractivity contribution in [1.29, 1.82) is 0 Å². The third kappa shape index (κ3) is 61.6. The van der Waals surface area contributed by atoms with E-state index >= 15 is 0 Å². The molecule has 0 aliphatic carbocycles. The fraction of sp³-hybridized carbons (Fsp3) is 0.942. The van der Waals surface area contributed by atoms with E-state index in [0.717, 1.165) is 115 Å². The first-order valence-electron chi connectivity index (χ1n) is 35.7. The highest BCUT2D eigenvalue weighted by molar-refractivity contribution is 7.47. The Balaban J connectivity index is 5.20. The first kappa shape index (κ1) is 86.1. The number of aliphatic hydroxyl groups is 1. The summed E-state index contributed by atoms with van der Waals surface area (Å²) >= 11 is 0. The molecule has 4 unspecified atom stereocenters. The van der Waals surface area contributed by atoms with Crippen LogP contribution in [0.4, 0.5) is 0 Å². The Kier molecular flexibility index (Phi) is 57.6. The summed E-state index contributed by atoms with van der Waals surface area (Å²) in [6, 6.07) is 0. The molecule has 88 heavy (non-hydrogen) atoms. The highest BCUT2D eigenvalue weighted by Gasteiger charge is 2.30. The lowest BCUT2D eigenvalue weighted by Gasteiger charge is -2.21. The van der Waals surface area contributed by atoms with E-state index in [0.29, 0.717) is 37.5 Å². The maximum Gasteiger partial charge on any atom is 0.472 e. The van der Waals surface area contributed by atoms with Gasteiger partial charge in [-0.3, -0.25) is 37.3 Å². The summed E-state index contributed by atoms with van der Waals surface area (Å²) in [5.41, 5.74) is 0. The van der Waals surface area contributed by atoms with Crippen molar-refractivity contribution >= 4 is 39.5 Å². The molecule has 0 heterocycles. The van der Waals surface area contributed by atoms with Crippen molar-refractivity contribution in [3.63, 3.8) is 0 Å². The van der Waals surface area contributed by atoms with Crippen molar-refractivity contribution in [1.82, 2.24) is 0 Å². The van der Waals surface area contributed by atoms with Gasteiger partial charge in [-0.15, -0.1) is 0 Å². The van der Waals surface area contributed by atoms with E-state index < -0.39 is 97.5 Å². The van der Waals surface area contributed by atoms with Gasteiger partial charge >= 0.3 is 39.5 Å². The topological polar surface area (TPSA) is 237 Å². The minimum Gasteiger partial charge on any atom is -0.462 e. The van der Waals surface area contributed by atoms with Gasteiger partial charge in [-0.2, -0.15) is 0 Å². The lowest BCUT2D eigenvalue weighted by Crippen LogP contribution is -2.30. The lowest BCUT2D eigenvalue weighted by atomic mass is 9.99. The van der Waals surface area contributed by atoms with Crippen molar-refractivity contribution in [2.45, 2.75) is 356 Å². The van der Waals surface area contributed by atoms with Gasteiger partial charge in [0, 0.05) is 25.7 Å². The van der Waals surface area contributed by atoms with Crippen molar-refractivity contribution < 1.29 is 80.2 Å². The van der Waals surface area contributed by atoms with Gasteiger partial charge in [-0.05, 0) is 49.4 Å². The van der Waals surface area contributed by atoms with Crippen LogP contribution in [0.3, 0.4) is 0 Å². The highest BCUT2D eigenvalue weighted by atomic mass is 31.2. The fourth-order valence-corrected chi connectivity index (χ4v) is 11.9. The van der Waals surface area contributed by atoms with Crippen LogP contribution in [0.5, 0.6) is 0 Å². The standard InChI is InChI=1S/C69H134O17P2/c1-9-62(8)48-40-32-23-16-14-12-10-11-13-15-17-24-35-43-51-68(73)85-65(56-80-67(72)50-42-34-28-27-31-39-47-61(6)7)58-84-88(77,78)82-54-63(70)53-81-87(75,76)83-57-64(55-79-66(71)49-41-33-26-20-22-30-38-46-60(4)5)86-69(74)52-44-36-25-19-18-21-29-37-45-59(2)3/h59-65,70H,9-58H2,1-8H3,(H,75,76)(H,77,78)/t62?,63?,64-,65-/m1/s1. The van der Waals surface area contributed by atoms with Crippen LogP contribution in [-0.2, 0) is 65.4 Å². The van der Waals surface area contributed by atoms with Gasteiger partial charge in [0.15, 0.2) is 12.2 Å². The number of rotatable bonds is 66. The summed E-state index contributed by atoms with van der Waals surface area (Å²) in [5, 5.41) is 10.6. The van der Waals surface area contributed by atoms with Crippen LogP contribution < -0.4 is 0 Å². The van der Waals surface area contributed by atoms with E-state index in [1.165, 1.54) is 128 Å². The Morgan fingerprint density at radius 3 is 0.807 bits per heavy atom. The van der Waals surface area contributed by atoms with Gasteiger partial charge in [-0.1, -0.05) is 287 Å². The monoisotopic (exact) mass is 1300 g/mol. The molecule has 0 amide bonds. The molecule has 6 atom stereocenters. The molecule has 3 N–H and O–H groups in total. The van der Waals surface area contributed by atoms with Gasteiger partial charge in [0.1, 0.15) is 19.3 Å².